The molecule has 116 valence electrons. The summed E-state index contributed by atoms with van der Waals surface area (Å²) in [6, 6.07) is 6.83. The Hall–Kier alpha value is -1.76. The molecule has 1 saturated heterocycles. The topological polar surface area (TPSA) is 49.8 Å². The summed E-state index contributed by atoms with van der Waals surface area (Å²) in [5.41, 5.74) is -2.20. The molecule has 2 rings (SSSR count). The zero-order chi connectivity index (χ0) is 15.7. The van der Waals surface area contributed by atoms with E-state index in [9.17, 15) is 23.1 Å². The number of amides is 1. The number of hydrogen-bond donors (Lipinski definition) is 1. The first-order valence-electron chi connectivity index (χ1n) is 6.45. The van der Waals surface area contributed by atoms with Crippen LogP contribution < -0.4 is 4.74 Å². The summed E-state index contributed by atoms with van der Waals surface area (Å²) in [6.07, 6.45) is -5.28. The summed E-state index contributed by atoms with van der Waals surface area (Å²) in [5.74, 6) is 0.0517. The molecule has 1 aliphatic heterocycles. The molecule has 1 aromatic rings. The van der Waals surface area contributed by atoms with Crippen molar-refractivity contribution in [2.75, 3.05) is 20.2 Å². The highest BCUT2D eigenvalue weighted by Crippen LogP contribution is 2.37. The Balaban J connectivity index is 2.06. The quantitative estimate of drug-likeness (QED) is 0.926. The number of hydrogen-bond acceptors (Lipinski definition) is 3. The number of likely N-dealkylation sites (tertiary alicyclic amines) is 1. The molecular formula is C14H16F3NO3. The number of carbonyl (C=O) groups is 1. The van der Waals surface area contributed by atoms with Crippen LogP contribution >= 0.6 is 0 Å². The molecule has 1 aromatic carbocycles. The largest absolute Gasteiger partial charge is 0.496 e. The van der Waals surface area contributed by atoms with E-state index in [4.69, 9.17) is 4.74 Å². The van der Waals surface area contributed by atoms with Gasteiger partial charge in [0.05, 0.1) is 20.1 Å². The second-order valence-corrected chi connectivity index (χ2v) is 5.08. The molecule has 4 nitrogen and oxygen atoms in total. The molecule has 0 aliphatic carbocycles. The molecule has 0 radical (unpaired) electrons. The number of carbonyl (C=O) groups excluding carboxylic acids is 1. The third kappa shape index (κ3) is 3.12. The monoisotopic (exact) mass is 303 g/mol. The number of rotatable bonds is 3. The van der Waals surface area contributed by atoms with Crippen molar-refractivity contribution >= 4 is 5.91 Å². The average molecular weight is 303 g/mol. The molecule has 0 unspecified atom stereocenters. The molecule has 0 spiro atoms. The van der Waals surface area contributed by atoms with Gasteiger partial charge in [-0.1, -0.05) is 18.2 Å². The first-order chi connectivity index (χ1) is 9.77. The highest BCUT2D eigenvalue weighted by Gasteiger charge is 2.57. The van der Waals surface area contributed by atoms with Gasteiger partial charge in [-0.25, -0.2) is 0 Å². The summed E-state index contributed by atoms with van der Waals surface area (Å²) in [5, 5.41) is 9.57. The summed E-state index contributed by atoms with van der Waals surface area (Å²) in [4.78, 5) is 13.1. The molecule has 7 heteroatoms. The van der Waals surface area contributed by atoms with Crippen LogP contribution in [0.2, 0.25) is 0 Å². The van der Waals surface area contributed by atoms with Gasteiger partial charge in [0.2, 0.25) is 5.91 Å². The van der Waals surface area contributed by atoms with Gasteiger partial charge in [0.1, 0.15) is 5.75 Å². The van der Waals surface area contributed by atoms with E-state index >= 15 is 0 Å². The fourth-order valence-corrected chi connectivity index (χ4v) is 2.36. The molecule has 1 amide bonds. The van der Waals surface area contributed by atoms with Gasteiger partial charge >= 0.3 is 6.18 Å². The lowest BCUT2D eigenvalue weighted by atomic mass is 10.0. The van der Waals surface area contributed by atoms with Crippen LogP contribution in [-0.4, -0.2) is 47.9 Å². The molecule has 1 atom stereocenters. The Kier molecular flexibility index (Phi) is 4.13. The number of aliphatic hydroxyl groups is 1. The van der Waals surface area contributed by atoms with Gasteiger partial charge < -0.3 is 14.7 Å². The third-order valence-electron chi connectivity index (χ3n) is 3.66. The maximum Gasteiger partial charge on any atom is 0.419 e. The van der Waals surface area contributed by atoms with Gasteiger partial charge in [0.15, 0.2) is 5.60 Å². The zero-order valence-electron chi connectivity index (χ0n) is 11.5. The van der Waals surface area contributed by atoms with E-state index in [0.717, 1.165) is 4.90 Å². The zero-order valence-corrected chi connectivity index (χ0v) is 11.5. The van der Waals surface area contributed by atoms with Crippen LogP contribution in [0.25, 0.3) is 0 Å². The molecular weight excluding hydrogens is 287 g/mol. The van der Waals surface area contributed by atoms with Crippen molar-refractivity contribution in [2.24, 2.45) is 0 Å². The SMILES string of the molecule is COc1ccccc1CC(=O)N1CC[C@@](O)(C(F)(F)F)C1. The minimum atomic E-state index is -4.73. The average Bonchev–Trinajstić information content (AvgIpc) is 2.83. The first kappa shape index (κ1) is 15.6. The molecule has 1 aliphatic rings. The van der Waals surface area contributed by atoms with Crippen molar-refractivity contribution in [3.8, 4) is 5.75 Å². The fourth-order valence-electron chi connectivity index (χ4n) is 2.36. The van der Waals surface area contributed by atoms with Crippen LogP contribution in [0.1, 0.15) is 12.0 Å². The van der Waals surface area contributed by atoms with E-state index in [0.29, 0.717) is 11.3 Å². The normalized spacial score (nSPS) is 22.4. The lowest BCUT2D eigenvalue weighted by molar-refractivity contribution is -0.253. The predicted molar refractivity (Wildman–Crippen MR) is 68.9 cm³/mol. The van der Waals surface area contributed by atoms with Crippen molar-refractivity contribution in [1.82, 2.24) is 4.90 Å². The second kappa shape index (κ2) is 5.55. The number of benzene rings is 1. The standard InChI is InChI=1S/C14H16F3NO3/c1-21-11-5-3-2-4-10(11)8-12(19)18-7-6-13(20,9-18)14(15,16)17/h2-5,20H,6-9H2,1H3/t13-/m0/s1. The minimum absolute atomic E-state index is 0.0576. The number of halogens is 3. The van der Waals surface area contributed by atoms with Gasteiger partial charge in [-0.15, -0.1) is 0 Å². The van der Waals surface area contributed by atoms with E-state index in [1.165, 1.54) is 7.11 Å². The van der Waals surface area contributed by atoms with Crippen LogP contribution in [0.4, 0.5) is 13.2 Å². The van der Waals surface area contributed by atoms with E-state index in [2.05, 4.69) is 0 Å². The van der Waals surface area contributed by atoms with Crippen molar-refractivity contribution in [1.29, 1.82) is 0 Å². The second-order valence-electron chi connectivity index (χ2n) is 5.08. The number of para-hydroxylation sites is 1. The molecule has 21 heavy (non-hydrogen) atoms. The molecule has 1 N–H and O–H groups in total. The lowest BCUT2D eigenvalue weighted by Crippen LogP contribution is -2.48. The van der Waals surface area contributed by atoms with Crippen LogP contribution in [0.15, 0.2) is 24.3 Å². The van der Waals surface area contributed by atoms with E-state index in [-0.39, 0.29) is 13.0 Å². The number of methoxy groups -OCH3 is 1. The van der Waals surface area contributed by atoms with E-state index < -0.39 is 30.7 Å². The molecule has 1 heterocycles. The Morgan fingerprint density at radius 1 is 1.43 bits per heavy atom. The number of alkyl halides is 3. The summed E-state index contributed by atoms with van der Waals surface area (Å²) < 4.78 is 43.3. The molecule has 0 bridgehead atoms. The molecule has 0 aromatic heterocycles. The Labute approximate surface area is 120 Å². The van der Waals surface area contributed by atoms with Gasteiger partial charge in [0, 0.05) is 18.5 Å². The predicted octanol–water partition coefficient (Wildman–Crippen LogP) is 1.76. The van der Waals surface area contributed by atoms with Gasteiger partial charge in [-0.05, 0) is 6.07 Å². The van der Waals surface area contributed by atoms with Crippen LogP contribution in [0.3, 0.4) is 0 Å². The van der Waals surface area contributed by atoms with Crippen LogP contribution in [0.5, 0.6) is 5.75 Å². The van der Waals surface area contributed by atoms with E-state index in [1.54, 1.807) is 24.3 Å². The van der Waals surface area contributed by atoms with Crippen LogP contribution in [-0.2, 0) is 11.2 Å². The summed E-state index contributed by atoms with van der Waals surface area (Å²) in [6.45, 7) is -0.825. The Morgan fingerprint density at radius 3 is 2.67 bits per heavy atom. The number of ether oxygens (including phenoxy) is 1. The Morgan fingerprint density at radius 2 is 2.10 bits per heavy atom. The minimum Gasteiger partial charge on any atom is -0.496 e. The summed E-state index contributed by atoms with van der Waals surface area (Å²) in [7, 11) is 1.46. The summed E-state index contributed by atoms with van der Waals surface area (Å²) >= 11 is 0. The van der Waals surface area contributed by atoms with Gasteiger partial charge in [0.25, 0.3) is 0 Å². The van der Waals surface area contributed by atoms with Crippen molar-refractivity contribution < 1.29 is 27.8 Å². The van der Waals surface area contributed by atoms with Crippen LogP contribution in [0, 0.1) is 0 Å². The lowest BCUT2D eigenvalue weighted by Gasteiger charge is -2.26. The van der Waals surface area contributed by atoms with Crippen molar-refractivity contribution in [3.63, 3.8) is 0 Å². The fraction of sp³-hybridized carbons (Fsp3) is 0.500. The highest BCUT2D eigenvalue weighted by atomic mass is 19.4. The third-order valence-corrected chi connectivity index (χ3v) is 3.66. The molecule has 0 saturated carbocycles. The number of nitrogens with zero attached hydrogens (tertiary/aromatic N) is 1. The highest BCUT2D eigenvalue weighted by molar-refractivity contribution is 5.80. The smallest absolute Gasteiger partial charge is 0.419 e. The molecule has 1 fully saturated rings. The maximum absolute atomic E-state index is 12.7. The Bertz CT molecular complexity index is 532. The number of β-amino-alcohol motifs (C(OH)–C–C–N with tert-alkyl or cyclic N) is 1. The maximum atomic E-state index is 12.7. The van der Waals surface area contributed by atoms with E-state index in [1.807, 2.05) is 0 Å². The van der Waals surface area contributed by atoms with Crippen molar-refractivity contribution in [2.45, 2.75) is 24.6 Å². The van der Waals surface area contributed by atoms with Crippen molar-refractivity contribution in [3.05, 3.63) is 29.8 Å². The van der Waals surface area contributed by atoms with Gasteiger partial charge in [-0.2, -0.15) is 13.2 Å². The van der Waals surface area contributed by atoms with Gasteiger partial charge in [-0.3, -0.25) is 4.79 Å². The first-order valence-corrected chi connectivity index (χ1v) is 6.45.